The van der Waals surface area contributed by atoms with E-state index in [-0.39, 0.29) is 5.75 Å². The molecule has 0 saturated heterocycles. The molecule has 1 atom stereocenters. The number of hydrogen-bond acceptors (Lipinski definition) is 4. The summed E-state index contributed by atoms with van der Waals surface area (Å²) in [5.41, 5.74) is 1.77. The van der Waals surface area contributed by atoms with E-state index in [4.69, 9.17) is 14.2 Å². The van der Waals surface area contributed by atoms with Gasteiger partial charge < -0.3 is 19.3 Å². The Hall–Kier alpha value is -2.52. The Morgan fingerprint density at radius 1 is 0.618 bits per heavy atom. The van der Waals surface area contributed by atoms with Gasteiger partial charge in [-0.25, -0.2) is 0 Å². The maximum Gasteiger partial charge on any atom is 0.221 e. The highest BCUT2D eigenvalue weighted by molar-refractivity contribution is 14.2. The molecule has 0 aromatic heterocycles. The van der Waals surface area contributed by atoms with Gasteiger partial charge in [0, 0.05) is 40.0 Å². The quantitative estimate of drug-likeness (QED) is 0.171. The van der Waals surface area contributed by atoms with E-state index in [1.807, 2.05) is 42.5 Å². The second-order valence-corrected chi connectivity index (χ2v) is 14.1. The Morgan fingerprint density at radius 3 is 1.53 bits per heavy atom. The summed E-state index contributed by atoms with van der Waals surface area (Å²) in [7, 11) is 3.36. The SMILES string of the molecule is COc1ccc(C(OC)(OC)c2ccc(S(I)(c3ccccc3)c3ccc(O)cc3)cc2)cc1. The van der Waals surface area contributed by atoms with Crippen molar-refractivity contribution in [1.82, 2.24) is 0 Å². The first-order valence-corrected chi connectivity index (χ1v) is 14.9. The van der Waals surface area contributed by atoms with Crippen LogP contribution >= 0.6 is 28.4 Å². The molecule has 0 spiro atoms. The third-order valence-corrected chi connectivity index (χ3v) is 13.2. The van der Waals surface area contributed by atoms with Gasteiger partial charge in [-0.15, -0.1) is 7.20 Å². The fraction of sp³-hybridized carbons (Fsp3) is 0.143. The summed E-state index contributed by atoms with van der Waals surface area (Å²) in [6.45, 7) is 0. The summed E-state index contributed by atoms with van der Waals surface area (Å²) < 4.78 is 17.2. The van der Waals surface area contributed by atoms with E-state index in [0.717, 1.165) is 21.8 Å². The first kappa shape index (κ1) is 24.6. The van der Waals surface area contributed by atoms with Crippen molar-refractivity contribution in [1.29, 1.82) is 0 Å². The van der Waals surface area contributed by atoms with Crippen molar-refractivity contribution in [3.8, 4) is 11.5 Å². The van der Waals surface area contributed by atoms with Crippen molar-refractivity contribution in [3.63, 3.8) is 0 Å². The minimum absolute atomic E-state index is 0.259. The van der Waals surface area contributed by atoms with Crippen LogP contribution in [0.4, 0.5) is 0 Å². The molecule has 0 aliphatic carbocycles. The molecule has 4 aromatic rings. The standard InChI is InChI=1S/C28H27IO4S/c1-31-24-15-9-21(10-16-24)28(32-2,33-3)22-11-17-26(18-12-22)34(29,25-7-5-4-6-8-25)27-19-13-23(30)14-20-27/h4-20,30H,1-3H3. The first-order chi connectivity index (χ1) is 16.5. The Kier molecular flexibility index (Phi) is 7.52. The molecule has 1 unspecified atom stereocenters. The lowest BCUT2D eigenvalue weighted by Crippen LogP contribution is -2.32. The maximum absolute atomic E-state index is 9.86. The normalized spacial score (nSPS) is 14.2. The van der Waals surface area contributed by atoms with E-state index < -0.39 is 13.0 Å². The summed E-state index contributed by atoms with van der Waals surface area (Å²) in [5, 5.41) is 9.86. The molecular weight excluding hydrogens is 559 g/mol. The van der Waals surface area contributed by atoms with Crippen molar-refractivity contribution in [2.75, 3.05) is 21.3 Å². The number of hydrogen-bond donors (Lipinski definition) is 1. The van der Waals surface area contributed by atoms with Crippen LogP contribution < -0.4 is 4.74 Å². The summed E-state index contributed by atoms with van der Waals surface area (Å²) in [6, 6.07) is 34.1. The fourth-order valence-corrected chi connectivity index (χ4v) is 9.06. The molecular formula is C28H27IO4S. The molecule has 4 nitrogen and oxygen atoms in total. The molecule has 176 valence electrons. The summed E-state index contributed by atoms with van der Waals surface area (Å²) in [4.78, 5) is 3.57. The molecule has 0 heterocycles. The summed E-state index contributed by atoms with van der Waals surface area (Å²) >= 11 is 2.58. The largest absolute Gasteiger partial charge is 0.508 e. The van der Waals surface area contributed by atoms with Crippen LogP contribution in [0.5, 0.6) is 11.5 Å². The monoisotopic (exact) mass is 586 g/mol. The average molecular weight is 586 g/mol. The number of aromatic hydroxyl groups is 1. The second-order valence-electron chi connectivity index (χ2n) is 7.62. The van der Waals surface area contributed by atoms with E-state index >= 15 is 0 Å². The summed E-state index contributed by atoms with van der Waals surface area (Å²) in [5.74, 6) is -0.00987. The highest BCUT2D eigenvalue weighted by Gasteiger charge is 2.36. The topological polar surface area (TPSA) is 47.9 Å². The van der Waals surface area contributed by atoms with Crippen LogP contribution in [0, 0.1) is 0 Å². The third-order valence-electron chi connectivity index (χ3n) is 5.83. The van der Waals surface area contributed by atoms with E-state index in [9.17, 15) is 5.11 Å². The molecule has 0 saturated carbocycles. The highest BCUT2D eigenvalue weighted by atomic mass is 127. The summed E-state index contributed by atoms with van der Waals surface area (Å²) in [6.07, 6.45) is 0. The Labute approximate surface area is 214 Å². The van der Waals surface area contributed by atoms with Crippen LogP contribution in [0.1, 0.15) is 11.1 Å². The lowest BCUT2D eigenvalue weighted by molar-refractivity contribution is -0.183. The highest BCUT2D eigenvalue weighted by Crippen LogP contribution is 2.74. The van der Waals surface area contributed by atoms with Gasteiger partial charge in [0.05, 0.1) is 7.11 Å². The van der Waals surface area contributed by atoms with Crippen molar-refractivity contribution in [2.24, 2.45) is 0 Å². The van der Waals surface area contributed by atoms with Crippen LogP contribution in [0.25, 0.3) is 0 Å². The number of phenolic OH excluding ortho intramolecular Hbond substituents is 1. The zero-order valence-corrected chi connectivity index (χ0v) is 22.2. The van der Waals surface area contributed by atoms with Gasteiger partial charge in [-0.1, -0.05) is 30.3 Å². The smallest absolute Gasteiger partial charge is 0.221 e. The minimum atomic E-state index is -1.58. The molecule has 0 fully saturated rings. The molecule has 0 radical (unpaired) electrons. The van der Waals surface area contributed by atoms with Gasteiger partial charge in [-0.05, 0) is 94.0 Å². The van der Waals surface area contributed by atoms with Crippen LogP contribution in [-0.4, -0.2) is 26.4 Å². The Balaban J connectivity index is 1.81. The van der Waals surface area contributed by atoms with Crippen molar-refractivity contribution < 1.29 is 19.3 Å². The lowest BCUT2D eigenvalue weighted by atomic mass is 9.97. The Bertz CT molecular complexity index is 1210. The van der Waals surface area contributed by atoms with Gasteiger partial charge in [0.2, 0.25) is 5.79 Å². The first-order valence-electron chi connectivity index (χ1n) is 10.7. The van der Waals surface area contributed by atoms with Gasteiger partial charge in [-0.3, -0.25) is 0 Å². The van der Waals surface area contributed by atoms with Crippen LogP contribution in [0.2, 0.25) is 0 Å². The van der Waals surface area contributed by atoms with Crippen molar-refractivity contribution in [3.05, 3.63) is 114 Å². The van der Waals surface area contributed by atoms with Gasteiger partial charge in [-0.2, -0.15) is 0 Å². The molecule has 0 amide bonds. The molecule has 0 aliphatic rings. The number of ether oxygens (including phenoxy) is 3. The number of halogens is 1. The van der Waals surface area contributed by atoms with E-state index in [0.29, 0.717) is 0 Å². The minimum Gasteiger partial charge on any atom is -0.508 e. The third kappa shape index (κ3) is 4.43. The van der Waals surface area contributed by atoms with Crippen LogP contribution in [0.3, 0.4) is 0 Å². The van der Waals surface area contributed by atoms with Crippen molar-refractivity contribution >= 4 is 28.4 Å². The maximum atomic E-state index is 9.86. The molecule has 4 rings (SSSR count). The number of methoxy groups -OCH3 is 3. The molecule has 6 heteroatoms. The molecule has 4 aromatic carbocycles. The van der Waals surface area contributed by atoms with Gasteiger partial charge in [0.25, 0.3) is 0 Å². The zero-order chi connectivity index (χ0) is 24.2. The Morgan fingerprint density at radius 2 is 1.06 bits per heavy atom. The van der Waals surface area contributed by atoms with Gasteiger partial charge >= 0.3 is 0 Å². The second kappa shape index (κ2) is 10.4. The van der Waals surface area contributed by atoms with Gasteiger partial charge in [0.15, 0.2) is 0 Å². The lowest BCUT2D eigenvalue weighted by Gasteiger charge is -2.36. The number of benzene rings is 4. The molecule has 0 bridgehead atoms. The molecule has 34 heavy (non-hydrogen) atoms. The number of rotatable bonds is 8. The van der Waals surface area contributed by atoms with Gasteiger partial charge in [0.1, 0.15) is 11.5 Å². The average Bonchev–Trinajstić information content (AvgIpc) is 2.91. The number of phenols is 1. The van der Waals surface area contributed by atoms with E-state index in [1.54, 1.807) is 33.5 Å². The predicted molar refractivity (Wildman–Crippen MR) is 145 cm³/mol. The fourth-order valence-electron chi connectivity index (χ4n) is 4.04. The van der Waals surface area contributed by atoms with Crippen LogP contribution in [0.15, 0.2) is 118 Å². The predicted octanol–water partition coefficient (Wildman–Crippen LogP) is 7.53. The van der Waals surface area contributed by atoms with E-state index in [2.05, 4.69) is 69.7 Å². The molecule has 0 aliphatic heterocycles. The molecule has 1 N–H and O–H groups in total. The van der Waals surface area contributed by atoms with E-state index in [1.165, 1.54) is 9.79 Å². The van der Waals surface area contributed by atoms with Crippen molar-refractivity contribution in [2.45, 2.75) is 20.5 Å². The zero-order valence-electron chi connectivity index (χ0n) is 19.3. The van der Waals surface area contributed by atoms with Crippen LogP contribution in [-0.2, 0) is 15.3 Å².